The molecule has 32 heavy (non-hydrogen) atoms. The lowest BCUT2D eigenvalue weighted by Crippen LogP contribution is -2.47. The third kappa shape index (κ3) is 4.75. The molecule has 0 saturated carbocycles. The number of hydrogen-bond donors (Lipinski definition) is 3. The maximum absolute atomic E-state index is 12.5. The third-order valence-corrected chi connectivity index (χ3v) is 5.88. The van der Waals surface area contributed by atoms with Crippen LogP contribution < -0.4 is 16.0 Å². The number of thiocarbonyl (C=S) groups is 1. The molecule has 1 aliphatic heterocycles. The van der Waals surface area contributed by atoms with E-state index in [1.807, 2.05) is 62.9 Å². The van der Waals surface area contributed by atoms with Crippen LogP contribution in [0.15, 0.2) is 53.7 Å². The number of nitrogens with zero attached hydrogens (tertiary/aromatic N) is 1. The number of anilines is 2. The Morgan fingerprint density at radius 1 is 1.06 bits per heavy atom. The van der Waals surface area contributed by atoms with E-state index in [1.165, 1.54) is 7.11 Å². The number of benzene rings is 2. The average Bonchev–Trinajstić information content (AvgIpc) is 2.76. The normalized spacial score (nSPS) is 15.8. The van der Waals surface area contributed by atoms with Gasteiger partial charge in [0.2, 0.25) is 0 Å². The largest absolute Gasteiger partial charge is 0.466 e. The van der Waals surface area contributed by atoms with Gasteiger partial charge in [0.1, 0.15) is 0 Å². The van der Waals surface area contributed by atoms with Crippen molar-refractivity contribution in [3.63, 3.8) is 0 Å². The zero-order chi connectivity index (χ0) is 23.4. The Morgan fingerprint density at radius 3 is 2.25 bits per heavy atom. The highest BCUT2D eigenvalue weighted by atomic mass is 32.1. The lowest BCUT2D eigenvalue weighted by atomic mass is 9.95. The number of amides is 2. The highest BCUT2D eigenvalue weighted by Gasteiger charge is 2.33. The third-order valence-electron chi connectivity index (χ3n) is 5.54. The summed E-state index contributed by atoms with van der Waals surface area (Å²) in [6.07, 6.45) is 0. The van der Waals surface area contributed by atoms with Gasteiger partial charge in [0.15, 0.2) is 5.11 Å². The van der Waals surface area contributed by atoms with Crippen LogP contribution in [-0.2, 0) is 9.53 Å². The van der Waals surface area contributed by atoms with Crippen molar-refractivity contribution < 1.29 is 14.3 Å². The van der Waals surface area contributed by atoms with Gasteiger partial charge in [0, 0.05) is 23.6 Å². The molecule has 3 N–H and O–H groups in total. The van der Waals surface area contributed by atoms with E-state index < -0.39 is 12.0 Å². The van der Waals surface area contributed by atoms with E-state index in [0.29, 0.717) is 22.9 Å². The van der Waals surface area contributed by atoms with E-state index in [0.717, 1.165) is 28.1 Å². The van der Waals surface area contributed by atoms with E-state index in [-0.39, 0.29) is 6.03 Å². The zero-order valence-corrected chi connectivity index (χ0v) is 19.7. The fourth-order valence-electron chi connectivity index (χ4n) is 3.83. The number of para-hydroxylation sites is 1. The molecule has 0 fully saturated rings. The van der Waals surface area contributed by atoms with Gasteiger partial charge in [0.05, 0.1) is 18.7 Å². The Hall–Kier alpha value is -3.39. The van der Waals surface area contributed by atoms with Crippen LogP contribution in [0.4, 0.5) is 16.2 Å². The number of esters is 1. The number of carbonyl (C=O) groups excluding carboxylic acids is 2. The van der Waals surface area contributed by atoms with Gasteiger partial charge in [-0.2, -0.15) is 0 Å². The molecule has 1 aliphatic rings. The molecule has 7 nitrogen and oxygen atoms in total. The number of methoxy groups -OCH3 is 1. The van der Waals surface area contributed by atoms with Gasteiger partial charge in [-0.15, -0.1) is 0 Å². The highest BCUT2D eigenvalue weighted by Crippen LogP contribution is 2.32. The standard InChI is InChI=1S/C24H28N4O3S/c1-6-28-16(4)19(22(29)31-5)21(27-24(28)32)17-10-12-18(13-11-17)25-23(30)26-20-14(2)8-7-9-15(20)3/h7-13,21H,6H2,1-5H3,(H,27,32)(H2,25,26,30)/t21-/m0/s1. The number of rotatable bonds is 5. The first-order valence-electron chi connectivity index (χ1n) is 10.4. The molecular weight excluding hydrogens is 424 g/mol. The summed E-state index contributed by atoms with van der Waals surface area (Å²) in [6, 6.07) is 12.4. The van der Waals surface area contributed by atoms with Gasteiger partial charge in [-0.05, 0) is 68.7 Å². The Labute approximate surface area is 193 Å². The summed E-state index contributed by atoms with van der Waals surface area (Å²) in [5.41, 5.74) is 5.53. The minimum absolute atomic E-state index is 0.323. The molecule has 0 radical (unpaired) electrons. The van der Waals surface area contributed by atoms with Gasteiger partial charge in [-0.3, -0.25) is 0 Å². The fraction of sp³-hybridized carbons (Fsp3) is 0.292. The van der Waals surface area contributed by atoms with Crippen molar-refractivity contribution in [1.82, 2.24) is 10.2 Å². The molecule has 0 aliphatic carbocycles. The van der Waals surface area contributed by atoms with Crippen LogP contribution in [0, 0.1) is 13.8 Å². The summed E-state index contributed by atoms with van der Waals surface area (Å²) in [6.45, 7) is 8.38. The van der Waals surface area contributed by atoms with Gasteiger partial charge < -0.3 is 25.6 Å². The van der Waals surface area contributed by atoms with Crippen LogP contribution >= 0.6 is 12.2 Å². The Balaban J connectivity index is 1.80. The molecule has 0 spiro atoms. The summed E-state index contributed by atoms with van der Waals surface area (Å²) >= 11 is 5.49. The Kier molecular flexibility index (Phi) is 7.15. The Morgan fingerprint density at radius 2 is 1.69 bits per heavy atom. The summed E-state index contributed by atoms with van der Waals surface area (Å²) in [4.78, 5) is 26.9. The van der Waals surface area contributed by atoms with Crippen LogP contribution in [0.3, 0.4) is 0 Å². The van der Waals surface area contributed by atoms with Crippen molar-refractivity contribution in [1.29, 1.82) is 0 Å². The minimum Gasteiger partial charge on any atom is -0.466 e. The first-order chi connectivity index (χ1) is 15.3. The summed E-state index contributed by atoms with van der Waals surface area (Å²) < 4.78 is 5.02. The molecule has 2 amide bonds. The van der Waals surface area contributed by atoms with Crippen LogP contribution in [0.2, 0.25) is 0 Å². The van der Waals surface area contributed by atoms with Crippen molar-refractivity contribution >= 4 is 40.7 Å². The summed E-state index contributed by atoms with van der Waals surface area (Å²) in [7, 11) is 1.37. The smallest absolute Gasteiger partial charge is 0.337 e. The molecule has 8 heteroatoms. The molecule has 1 heterocycles. The lowest BCUT2D eigenvalue weighted by molar-refractivity contribution is -0.136. The number of urea groups is 1. The van der Waals surface area contributed by atoms with E-state index in [1.54, 1.807) is 12.1 Å². The van der Waals surface area contributed by atoms with Crippen molar-refractivity contribution in [2.75, 3.05) is 24.3 Å². The number of allylic oxidation sites excluding steroid dienone is 1. The molecule has 2 aromatic carbocycles. The van der Waals surface area contributed by atoms with Gasteiger partial charge >= 0.3 is 12.0 Å². The van der Waals surface area contributed by atoms with Crippen LogP contribution in [0.5, 0.6) is 0 Å². The molecule has 0 aromatic heterocycles. The number of aryl methyl sites for hydroxylation is 2. The minimum atomic E-state index is -0.435. The van der Waals surface area contributed by atoms with E-state index in [2.05, 4.69) is 16.0 Å². The summed E-state index contributed by atoms with van der Waals surface area (Å²) in [5, 5.41) is 9.54. The highest BCUT2D eigenvalue weighted by molar-refractivity contribution is 7.80. The molecule has 1 atom stereocenters. The predicted molar refractivity (Wildman–Crippen MR) is 131 cm³/mol. The van der Waals surface area contributed by atoms with Gasteiger partial charge in [-0.1, -0.05) is 30.3 Å². The fourth-order valence-corrected chi connectivity index (χ4v) is 4.22. The number of nitrogens with one attached hydrogen (secondary N) is 3. The molecule has 3 rings (SSSR count). The molecule has 0 unspecified atom stereocenters. The first kappa shape index (κ1) is 23.3. The first-order valence-corrected chi connectivity index (χ1v) is 10.8. The maximum Gasteiger partial charge on any atom is 0.337 e. The number of ether oxygens (including phenoxy) is 1. The quantitative estimate of drug-likeness (QED) is 0.453. The van der Waals surface area contributed by atoms with Crippen molar-refractivity contribution in [2.24, 2.45) is 0 Å². The van der Waals surface area contributed by atoms with Crippen molar-refractivity contribution in [3.05, 3.63) is 70.4 Å². The topological polar surface area (TPSA) is 82.7 Å². The lowest BCUT2D eigenvalue weighted by Gasteiger charge is -2.36. The molecular formula is C24H28N4O3S. The van der Waals surface area contributed by atoms with E-state index in [9.17, 15) is 9.59 Å². The monoisotopic (exact) mass is 452 g/mol. The second kappa shape index (κ2) is 9.82. The molecule has 0 saturated heterocycles. The van der Waals surface area contributed by atoms with E-state index in [4.69, 9.17) is 17.0 Å². The van der Waals surface area contributed by atoms with Crippen molar-refractivity contribution in [3.8, 4) is 0 Å². The van der Waals surface area contributed by atoms with Crippen LogP contribution in [-0.4, -0.2) is 35.7 Å². The molecule has 2 aromatic rings. The van der Waals surface area contributed by atoms with Gasteiger partial charge in [0.25, 0.3) is 0 Å². The SMILES string of the molecule is CCN1C(=S)N[C@@H](c2ccc(NC(=O)Nc3c(C)cccc3C)cc2)C(C(=O)OC)=C1C. The van der Waals surface area contributed by atoms with Crippen LogP contribution in [0.1, 0.15) is 36.6 Å². The number of carbonyl (C=O) groups is 2. The number of hydrogen-bond acceptors (Lipinski definition) is 4. The predicted octanol–water partition coefficient (Wildman–Crippen LogP) is 4.65. The molecule has 168 valence electrons. The zero-order valence-electron chi connectivity index (χ0n) is 18.9. The van der Waals surface area contributed by atoms with Gasteiger partial charge in [-0.25, -0.2) is 9.59 Å². The van der Waals surface area contributed by atoms with E-state index >= 15 is 0 Å². The summed E-state index contributed by atoms with van der Waals surface area (Å²) in [5.74, 6) is -0.406. The van der Waals surface area contributed by atoms with Crippen molar-refractivity contribution in [2.45, 2.75) is 33.7 Å². The van der Waals surface area contributed by atoms with Crippen LogP contribution in [0.25, 0.3) is 0 Å². The average molecular weight is 453 g/mol. The maximum atomic E-state index is 12.5. The Bertz CT molecular complexity index is 1060. The molecule has 0 bridgehead atoms. The second-order valence-electron chi connectivity index (χ2n) is 7.59. The second-order valence-corrected chi connectivity index (χ2v) is 7.97.